The lowest BCUT2D eigenvalue weighted by molar-refractivity contribution is -0.198. The molecule has 2 aliphatic rings. The second-order valence-corrected chi connectivity index (χ2v) is 3.94. The molecule has 0 unspecified atom stereocenters. The third-order valence-corrected chi connectivity index (χ3v) is 2.67. The molecule has 0 atom stereocenters. The number of hydroxylamine groups is 2. The van der Waals surface area contributed by atoms with Crippen molar-refractivity contribution in [3.8, 4) is 0 Å². The SMILES string of the molecule is O=C(CC1C(=O)C=CC1=O)ON1C(=O)CCC1=O. The Morgan fingerprint density at radius 3 is 2.11 bits per heavy atom. The van der Waals surface area contributed by atoms with Gasteiger partial charge in [-0.05, 0) is 12.2 Å². The van der Waals surface area contributed by atoms with Crippen molar-refractivity contribution in [2.45, 2.75) is 19.3 Å². The van der Waals surface area contributed by atoms with Gasteiger partial charge in [0.1, 0.15) is 0 Å². The van der Waals surface area contributed by atoms with Crippen LogP contribution in [0.3, 0.4) is 0 Å². The summed E-state index contributed by atoms with van der Waals surface area (Å²) in [6.45, 7) is 0. The van der Waals surface area contributed by atoms with Gasteiger partial charge in [0.05, 0.1) is 12.3 Å². The van der Waals surface area contributed by atoms with E-state index in [4.69, 9.17) is 0 Å². The highest BCUT2D eigenvalue weighted by Gasteiger charge is 2.36. The standard InChI is InChI=1S/C11H9NO6/c13-7-1-2-8(14)6(7)5-11(17)18-12-9(15)3-4-10(12)16/h1-2,6H,3-5H2. The molecule has 2 rings (SSSR count). The van der Waals surface area contributed by atoms with Gasteiger partial charge in [0.2, 0.25) is 0 Å². The summed E-state index contributed by atoms with van der Waals surface area (Å²) < 4.78 is 0. The third-order valence-electron chi connectivity index (χ3n) is 2.67. The maximum Gasteiger partial charge on any atom is 0.334 e. The molecule has 0 N–H and O–H groups in total. The molecule has 0 saturated carbocycles. The molecule has 0 radical (unpaired) electrons. The van der Waals surface area contributed by atoms with Crippen LogP contribution in [0, 0.1) is 5.92 Å². The van der Waals surface area contributed by atoms with Crippen molar-refractivity contribution >= 4 is 29.4 Å². The Balaban J connectivity index is 1.93. The minimum Gasteiger partial charge on any atom is -0.330 e. The van der Waals surface area contributed by atoms with E-state index in [2.05, 4.69) is 4.84 Å². The monoisotopic (exact) mass is 251 g/mol. The van der Waals surface area contributed by atoms with Crippen molar-refractivity contribution in [1.29, 1.82) is 0 Å². The van der Waals surface area contributed by atoms with Gasteiger partial charge in [-0.15, -0.1) is 5.06 Å². The van der Waals surface area contributed by atoms with Crippen LogP contribution < -0.4 is 0 Å². The van der Waals surface area contributed by atoms with Crippen LogP contribution in [0.1, 0.15) is 19.3 Å². The highest BCUT2D eigenvalue weighted by molar-refractivity contribution is 6.19. The fourth-order valence-electron chi connectivity index (χ4n) is 1.70. The number of hydrogen-bond acceptors (Lipinski definition) is 6. The molecular formula is C11H9NO6. The van der Waals surface area contributed by atoms with E-state index in [1.807, 2.05) is 0 Å². The average Bonchev–Trinajstić information content (AvgIpc) is 2.79. The Hall–Kier alpha value is -2.31. The number of hydrogen-bond donors (Lipinski definition) is 0. The molecule has 1 aliphatic heterocycles. The Bertz CT molecular complexity index is 452. The smallest absolute Gasteiger partial charge is 0.330 e. The Labute approximate surface area is 101 Å². The van der Waals surface area contributed by atoms with Crippen LogP contribution in [-0.4, -0.2) is 34.4 Å². The fraction of sp³-hybridized carbons (Fsp3) is 0.364. The topological polar surface area (TPSA) is 97.8 Å². The van der Waals surface area contributed by atoms with E-state index in [0.717, 1.165) is 12.2 Å². The molecule has 1 fully saturated rings. The summed E-state index contributed by atoms with van der Waals surface area (Å²) in [5.74, 6) is -4.20. The van der Waals surface area contributed by atoms with Crippen molar-refractivity contribution in [1.82, 2.24) is 5.06 Å². The molecule has 18 heavy (non-hydrogen) atoms. The van der Waals surface area contributed by atoms with E-state index < -0.39 is 41.7 Å². The summed E-state index contributed by atoms with van der Waals surface area (Å²) in [6.07, 6.45) is 1.70. The molecule has 0 aromatic rings. The van der Waals surface area contributed by atoms with Crippen LogP contribution in [-0.2, 0) is 28.8 Å². The van der Waals surface area contributed by atoms with Crippen LogP contribution >= 0.6 is 0 Å². The van der Waals surface area contributed by atoms with Crippen LogP contribution in [0.25, 0.3) is 0 Å². The summed E-state index contributed by atoms with van der Waals surface area (Å²) in [5, 5.41) is 0.389. The lowest BCUT2D eigenvalue weighted by Gasteiger charge is -2.13. The predicted octanol–water partition coefficient (Wildman–Crippen LogP) is -0.692. The number of ketones is 2. The highest BCUT2D eigenvalue weighted by atomic mass is 16.7. The average molecular weight is 251 g/mol. The minimum absolute atomic E-state index is 0.00500. The summed E-state index contributed by atoms with van der Waals surface area (Å²) in [7, 11) is 0. The lowest BCUT2D eigenvalue weighted by atomic mass is 10.0. The zero-order valence-electron chi connectivity index (χ0n) is 9.25. The van der Waals surface area contributed by atoms with Crippen LogP contribution in [0.5, 0.6) is 0 Å². The van der Waals surface area contributed by atoms with Gasteiger partial charge in [-0.2, -0.15) is 0 Å². The first-order chi connectivity index (χ1) is 8.49. The number of nitrogens with zero attached hydrogens (tertiary/aromatic N) is 1. The number of rotatable bonds is 3. The lowest BCUT2D eigenvalue weighted by Crippen LogP contribution is -2.33. The van der Waals surface area contributed by atoms with Gasteiger partial charge >= 0.3 is 5.97 Å². The number of imide groups is 1. The molecule has 1 saturated heterocycles. The second kappa shape index (κ2) is 4.52. The van der Waals surface area contributed by atoms with E-state index in [-0.39, 0.29) is 12.8 Å². The number of allylic oxidation sites excluding steroid dienone is 2. The second-order valence-electron chi connectivity index (χ2n) is 3.94. The van der Waals surface area contributed by atoms with E-state index in [1.54, 1.807) is 0 Å². The van der Waals surface area contributed by atoms with E-state index >= 15 is 0 Å². The molecule has 0 aromatic carbocycles. The number of carbonyl (C=O) groups excluding carboxylic acids is 5. The summed E-state index contributed by atoms with van der Waals surface area (Å²) in [6, 6.07) is 0. The van der Waals surface area contributed by atoms with Gasteiger partial charge in [0.15, 0.2) is 11.6 Å². The molecule has 2 amide bonds. The maximum absolute atomic E-state index is 11.4. The van der Waals surface area contributed by atoms with Gasteiger partial charge in [-0.1, -0.05) is 0 Å². The Morgan fingerprint density at radius 1 is 1.11 bits per heavy atom. The molecule has 94 valence electrons. The normalized spacial score (nSPS) is 20.1. The van der Waals surface area contributed by atoms with Crippen LogP contribution in [0.2, 0.25) is 0 Å². The molecule has 7 heteroatoms. The van der Waals surface area contributed by atoms with Gasteiger partial charge in [-0.3, -0.25) is 19.2 Å². The Morgan fingerprint density at radius 2 is 1.61 bits per heavy atom. The largest absolute Gasteiger partial charge is 0.334 e. The number of amides is 2. The third kappa shape index (κ3) is 2.20. The Kier molecular flexibility index (Phi) is 3.05. The highest BCUT2D eigenvalue weighted by Crippen LogP contribution is 2.18. The molecule has 1 aliphatic carbocycles. The number of carbonyl (C=O) groups is 5. The van der Waals surface area contributed by atoms with Crippen molar-refractivity contribution in [2.75, 3.05) is 0 Å². The molecule has 0 aromatic heterocycles. The van der Waals surface area contributed by atoms with E-state index in [1.165, 1.54) is 0 Å². The quantitative estimate of drug-likeness (QED) is 0.486. The van der Waals surface area contributed by atoms with Gasteiger partial charge in [-0.25, -0.2) is 4.79 Å². The molecule has 7 nitrogen and oxygen atoms in total. The molecule has 0 bridgehead atoms. The predicted molar refractivity (Wildman–Crippen MR) is 54.4 cm³/mol. The summed E-state index contributed by atoms with van der Waals surface area (Å²) in [5.41, 5.74) is 0. The first kappa shape index (κ1) is 12.2. The first-order valence-corrected chi connectivity index (χ1v) is 5.31. The molecule has 1 heterocycles. The van der Waals surface area contributed by atoms with Crippen molar-refractivity contribution in [3.63, 3.8) is 0 Å². The van der Waals surface area contributed by atoms with Gasteiger partial charge in [0.25, 0.3) is 11.8 Å². The van der Waals surface area contributed by atoms with Gasteiger partial charge < -0.3 is 4.84 Å². The summed E-state index contributed by atoms with van der Waals surface area (Å²) >= 11 is 0. The van der Waals surface area contributed by atoms with Crippen LogP contribution in [0.15, 0.2) is 12.2 Å². The van der Waals surface area contributed by atoms with Crippen molar-refractivity contribution in [2.24, 2.45) is 5.92 Å². The van der Waals surface area contributed by atoms with E-state index in [9.17, 15) is 24.0 Å². The van der Waals surface area contributed by atoms with Crippen molar-refractivity contribution in [3.05, 3.63) is 12.2 Å². The minimum atomic E-state index is -1.09. The van der Waals surface area contributed by atoms with E-state index in [0.29, 0.717) is 5.06 Å². The van der Waals surface area contributed by atoms with Crippen LogP contribution in [0.4, 0.5) is 0 Å². The summed E-state index contributed by atoms with van der Waals surface area (Å²) in [4.78, 5) is 60.8. The first-order valence-electron chi connectivity index (χ1n) is 5.31. The molecule has 0 spiro atoms. The van der Waals surface area contributed by atoms with Gasteiger partial charge in [0, 0.05) is 12.8 Å². The molecular weight excluding hydrogens is 242 g/mol. The van der Waals surface area contributed by atoms with Crippen molar-refractivity contribution < 1.29 is 28.8 Å². The zero-order chi connectivity index (χ0) is 13.3. The maximum atomic E-state index is 11.4. The fourth-order valence-corrected chi connectivity index (χ4v) is 1.70. The zero-order valence-corrected chi connectivity index (χ0v) is 9.25.